The van der Waals surface area contributed by atoms with E-state index < -0.39 is 5.97 Å². The quantitative estimate of drug-likeness (QED) is 0.472. The van der Waals surface area contributed by atoms with E-state index in [0.29, 0.717) is 12.2 Å². The molecule has 0 aromatic heterocycles. The van der Waals surface area contributed by atoms with E-state index in [1.807, 2.05) is 0 Å². The van der Waals surface area contributed by atoms with Crippen LogP contribution in [0, 0.1) is 11.8 Å². The van der Waals surface area contributed by atoms with Crippen LogP contribution in [0.15, 0.2) is 36.4 Å². The third kappa shape index (κ3) is 5.09. The number of carbonyl (C=O) groups is 2. The summed E-state index contributed by atoms with van der Waals surface area (Å²) < 4.78 is 9.29. The fourth-order valence-corrected chi connectivity index (χ4v) is 1.23. The van der Waals surface area contributed by atoms with Gasteiger partial charge in [-0.3, -0.25) is 0 Å². The molecule has 0 spiro atoms. The Bertz CT molecular complexity index is 530. The number of hydrogen-bond acceptors (Lipinski definition) is 4. The first-order valence-corrected chi connectivity index (χ1v) is 5.70. The molecule has 0 aliphatic heterocycles. The molecule has 0 aliphatic carbocycles. The molecular formula is C15H14O4. The summed E-state index contributed by atoms with van der Waals surface area (Å²) in [6.07, 6.45) is 2.69. The normalized spacial score (nSPS) is 9.58. The molecule has 0 fully saturated rings. The third-order valence-electron chi connectivity index (χ3n) is 2.11. The minimum Gasteiger partial charge on any atom is -0.465 e. The van der Waals surface area contributed by atoms with Gasteiger partial charge in [0.15, 0.2) is 0 Å². The van der Waals surface area contributed by atoms with Crippen molar-refractivity contribution in [3.63, 3.8) is 0 Å². The smallest absolute Gasteiger partial charge is 0.337 e. The van der Waals surface area contributed by atoms with Gasteiger partial charge in [-0.15, -0.1) is 0 Å². The number of esters is 2. The Morgan fingerprint density at radius 3 is 2.53 bits per heavy atom. The molecule has 0 heterocycles. The summed E-state index contributed by atoms with van der Waals surface area (Å²) >= 11 is 0. The molecule has 98 valence electrons. The van der Waals surface area contributed by atoms with Crippen molar-refractivity contribution < 1.29 is 19.1 Å². The lowest BCUT2D eigenvalue weighted by atomic mass is 10.1. The lowest BCUT2D eigenvalue weighted by molar-refractivity contribution is -0.137. The number of ether oxygens (including phenoxy) is 2. The zero-order valence-electron chi connectivity index (χ0n) is 10.8. The first kappa shape index (κ1) is 14.5. The third-order valence-corrected chi connectivity index (χ3v) is 2.11. The molecule has 1 aromatic carbocycles. The molecule has 1 aromatic rings. The monoisotopic (exact) mass is 258 g/mol. The Labute approximate surface area is 112 Å². The van der Waals surface area contributed by atoms with Gasteiger partial charge >= 0.3 is 11.9 Å². The van der Waals surface area contributed by atoms with Crippen LogP contribution in [-0.4, -0.2) is 25.7 Å². The van der Waals surface area contributed by atoms with Crippen LogP contribution in [0.1, 0.15) is 22.8 Å². The van der Waals surface area contributed by atoms with E-state index in [0.717, 1.165) is 5.56 Å². The molecule has 4 heteroatoms. The number of methoxy groups -OCH3 is 1. The first-order valence-electron chi connectivity index (χ1n) is 5.70. The van der Waals surface area contributed by atoms with Gasteiger partial charge in [-0.1, -0.05) is 11.8 Å². The zero-order valence-corrected chi connectivity index (χ0v) is 10.8. The highest BCUT2D eigenvalue weighted by molar-refractivity contribution is 5.89. The van der Waals surface area contributed by atoms with Crippen LogP contribution >= 0.6 is 0 Å². The Kier molecular flexibility index (Phi) is 5.90. The molecule has 0 N–H and O–H groups in total. The Hall–Kier alpha value is -2.54. The molecule has 0 saturated carbocycles. The average Bonchev–Trinajstić information content (AvgIpc) is 2.44. The number of carbonyl (C=O) groups excluding carboxylic acids is 2. The van der Waals surface area contributed by atoms with Crippen molar-refractivity contribution in [3.8, 4) is 11.8 Å². The second-order valence-corrected chi connectivity index (χ2v) is 3.42. The van der Waals surface area contributed by atoms with Crippen LogP contribution < -0.4 is 0 Å². The van der Waals surface area contributed by atoms with Crippen molar-refractivity contribution in [2.45, 2.75) is 6.92 Å². The summed E-state index contributed by atoms with van der Waals surface area (Å²) in [5.41, 5.74) is 1.20. The average molecular weight is 258 g/mol. The standard InChI is InChI=1S/C15H14O4/c1-3-19-14(16)7-5-4-6-12-8-10-13(11-9-12)15(17)18-2/h5,7-11H,3H2,1-2H3/b7-5-. The molecule has 0 bridgehead atoms. The maximum Gasteiger partial charge on any atom is 0.337 e. The van der Waals surface area contributed by atoms with Crippen LogP contribution in [0.2, 0.25) is 0 Å². The van der Waals surface area contributed by atoms with Gasteiger partial charge < -0.3 is 9.47 Å². The molecule has 0 amide bonds. The minimum atomic E-state index is -0.419. The van der Waals surface area contributed by atoms with Crippen LogP contribution in [0.4, 0.5) is 0 Å². The van der Waals surface area contributed by atoms with Gasteiger partial charge in [-0.25, -0.2) is 9.59 Å². The Balaban J connectivity index is 2.64. The Morgan fingerprint density at radius 2 is 1.95 bits per heavy atom. The van der Waals surface area contributed by atoms with Crippen molar-refractivity contribution in [1.29, 1.82) is 0 Å². The highest BCUT2D eigenvalue weighted by atomic mass is 16.5. The highest BCUT2D eigenvalue weighted by Gasteiger charge is 2.02. The molecule has 0 unspecified atom stereocenters. The van der Waals surface area contributed by atoms with E-state index >= 15 is 0 Å². The molecule has 1 rings (SSSR count). The fourth-order valence-electron chi connectivity index (χ4n) is 1.23. The predicted octanol–water partition coefficient (Wildman–Crippen LogP) is 1.94. The number of hydrogen-bond donors (Lipinski definition) is 0. The Morgan fingerprint density at radius 1 is 1.26 bits per heavy atom. The maximum absolute atomic E-state index is 11.2. The van der Waals surface area contributed by atoms with E-state index in [-0.39, 0.29) is 5.97 Å². The summed E-state index contributed by atoms with van der Waals surface area (Å²) in [6, 6.07) is 6.67. The second kappa shape index (κ2) is 7.72. The van der Waals surface area contributed by atoms with Gasteiger partial charge in [0.1, 0.15) is 0 Å². The van der Waals surface area contributed by atoms with E-state index in [1.165, 1.54) is 19.3 Å². The molecule has 0 aliphatic rings. The summed E-state index contributed by atoms with van der Waals surface area (Å²) in [6.45, 7) is 2.08. The van der Waals surface area contributed by atoms with E-state index in [4.69, 9.17) is 4.74 Å². The van der Waals surface area contributed by atoms with E-state index in [1.54, 1.807) is 31.2 Å². The lowest BCUT2D eigenvalue weighted by Gasteiger charge is -1.97. The van der Waals surface area contributed by atoms with Crippen LogP contribution in [0.3, 0.4) is 0 Å². The zero-order chi connectivity index (χ0) is 14.1. The predicted molar refractivity (Wildman–Crippen MR) is 70.4 cm³/mol. The summed E-state index contributed by atoms with van der Waals surface area (Å²) in [7, 11) is 1.33. The topological polar surface area (TPSA) is 52.6 Å². The molecule has 19 heavy (non-hydrogen) atoms. The van der Waals surface area contributed by atoms with Gasteiger partial charge in [-0.2, -0.15) is 0 Å². The van der Waals surface area contributed by atoms with Crippen molar-refractivity contribution in [2.75, 3.05) is 13.7 Å². The number of benzene rings is 1. The highest BCUT2D eigenvalue weighted by Crippen LogP contribution is 2.04. The van der Waals surface area contributed by atoms with E-state index in [2.05, 4.69) is 16.6 Å². The summed E-state index contributed by atoms with van der Waals surface area (Å²) in [4.78, 5) is 22.2. The summed E-state index contributed by atoms with van der Waals surface area (Å²) in [5, 5.41) is 0. The van der Waals surface area contributed by atoms with Gasteiger partial charge in [0.05, 0.1) is 19.3 Å². The van der Waals surface area contributed by atoms with Crippen molar-refractivity contribution >= 4 is 11.9 Å². The second-order valence-electron chi connectivity index (χ2n) is 3.42. The van der Waals surface area contributed by atoms with Crippen LogP contribution in [0.5, 0.6) is 0 Å². The molecule has 0 saturated heterocycles. The van der Waals surface area contributed by atoms with Crippen molar-refractivity contribution in [3.05, 3.63) is 47.5 Å². The fraction of sp³-hybridized carbons (Fsp3) is 0.200. The number of rotatable bonds is 3. The van der Waals surface area contributed by atoms with Gasteiger partial charge in [0.2, 0.25) is 0 Å². The lowest BCUT2D eigenvalue weighted by Crippen LogP contribution is -2.00. The molecule has 4 nitrogen and oxygen atoms in total. The molecule has 0 radical (unpaired) electrons. The van der Waals surface area contributed by atoms with Gasteiger partial charge in [0.25, 0.3) is 0 Å². The van der Waals surface area contributed by atoms with Crippen molar-refractivity contribution in [2.24, 2.45) is 0 Å². The van der Waals surface area contributed by atoms with Gasteiger partial charge in [-0.05, 0) is 37.3 Å². The SMILES string of the molecule is CCOC(=O)/C=C\C#Cc1ccc(C(=O)OC)cc1. The first-order chi connectivity index (χ1) is 9.17. The van der Waals surface area contributed by atoms with Gasteiger partial charge in [0, 0.05) is 11.6 Å². The largest absolute Gasteiger partial charge is 0.465 e. The van der Waals surface area contributed by atoms with Crippen LogP contribution in [0.25, 0.3) is 0 Å². The molecule has 0 atom stereocenters. The van der Waals surface area contributed by atoms with Crippen molar-refractivity contribution in [1.82, 2.24) is 0 Å². The minimum absolute atomic E-state index is 0.339. The maximum atomic E-state index is 11.2. The van der Waals surface area contributed by atoms with Crippen LogP contribution in [-0.2, 0) is 14.3 Å². The summed E-state index contributed by atoms with van der Waals surface area (Å²) in [5.74, 6) is 4.73. The molecular weight excluding hydrogens is 244 g/mol. The van der Waals surface area contributed by atoms with E-state index in [9.17, 15) is 9.59 Å². The number of allylic oxidation sites excluding steroid dienone is 1.